The fourth-order valence-electron chi connectivity index (χ4n) is 0. The summed E-state index contributed by atoms with van der Waals surface area (Å²) in [5.74, 6) is 0. The number of rotatable bonds is 0. The Morgan fingerprint density at radius 2 is 1.20 bits per heavy atom. The van der Waals surface area contributed by atoms with Crippen LogP contribution in [0.3, 0.4) is 0 Å². The van der Waals surface area contributed by atoms with E-state index in [0.717, 1.165) is 0 Å². The van der Waals surface area contributed by atoms with E-state index in [1.54, 1.807) is 0 Å². The first kappa shape index (κ1) is 8.47. The van der Waals surface area contributed by atoms with Crippen LogP contribution in [0.25, 0.3) is 0 Å². The van der Waals surface area contributed by atoms with Crippen molar-refractivity contribution in [1.29, 1.82) is 0 Å². The second kappa shape index (κ2) is 3.49. The fraction of sp³-hybridized carbons (Fsp3) is 0. The zero-order valence-electron chi connectivity index (χ0n) is 2.01. The van der Waals surface area contributed by atoms with Crippen LogP contribution in [-0.2, 0) is 0 Å². The van der Waals surface area contributed by atoms with Crippen LogP contribution in [0.4, 0.5) is 0 Å². The Labute approximate surface area is 70.4 Å². The molecule has 0 N–H and O–H groups in total. The summed E-state index contributed by atoms with van der Waals surface area (Å²) in [5, 5.41) is 0. The van der Waals surface area contributed by atoms with Gasteiger partial charge in [-0.2, -0.15) is 0 Å². The van der Waals surface area contributed by atoms with E-state index >= 15 is 0 Å². The standard InChI is InChI=1S/BrH.3HI.Sn/h4*1H;/q;;;;+4/p-4. The number of hydrogen-bond donors (Lipinski definition) is 0. The molecule has 0 spiro atoms. The van der Waals surface area contributed by atoms with E-state index < -0.39 is 4.25 Å². The molecule has 0 nitrogen and oxygen atoms in total. The van der Waals surface area contributed by atoms with Crippen LogP contribution < -0.4 is 0 Å². The van der Waals surface area contributed by atoms with E-state index in [4.69, 9.17) is 0 Å². The molecule has 0 rings (SSSR count). The molecular formula is BrI3Sn. The molecule has 0 aromatic rings. The van der Waals surface area contributed by atoms with Gasteiger partial charge in [-0.3, -0.25) is 0 Å². The van der Waals surface area contributed by atoms with E-state index in [1.807, 2.05) is 0 Å². The first-order chi connectivity index (χ1) is 2.00. The van der Waals surface area contributed by atoms with E-state index in [0.29, 0.717) is 0 Å². The molecule has 0 aliphatic rings. The zero-order valence-corrected chi connectivity index (χ0v) is 12.9. The summed E-state index contributed by atoms with van der Waals surface area (Å²) >= 11 is 11.0. The topological polar surface area (TPSA) is 0 Å². The Morgan fingerprint density at radius 1 is 1.20 bits per heavy atom. The molecule has 0 aromatic heterocycles. The van der Waals surface area contributed by atoms with Gasteiger partial charge < -0.3 is 0 Å². The summed E-state index contributed by atoms with van der Waals surface area (Å²) in [4.78, 5) is 0. The molecule has 0 bridgehead atoms. The Balaban J connectivity index is 3.02. The molecule has 0 amide bonds. The fourth-order valence-corrected chi connectivity index (χ4v) is 0. The molecule has 0 saturated heterocycles. The molecule has 0 aliphatic heterocycles. The molecular weight excluding hydrogens is 579 g/mol. The molecule has 0 unspecified atom stereocenters. The SMILES string of the molecule is [Br][Sn]([I])([I])[I]. The first-order valence-electron chi connectivity index (χ1n) is 0.756. The van der Waals surface area contributed by atoms with Crippen molar-refractivity contribution in [2.24, 2.45) is 0 Å². The molecule has 32 valence electrons. The summed E-state index contributed by atoms with van der Waals surface area (Å²) in [7, 11) is 0. The molecule has 0 aliphatic carbocycles. The summed E-state index contributed by atoms with van der Waals surface area (Å²) in [6.45, 7) is 0. The molecule has 0 atom stereocenters. The molecule has 0 radical (unpaired) electrons. The van der Waals surface area contributed by atoms with Crippen molar-refractivity contribution in [3.05, 3.63) is 0 Å². The second-order valence-corrected chi connectivity index (χ2v) is 115. The minimum atomic E-state index is -1.46. The quantitative estimate of drug-likeness (QED) is 0.306. The summed E-state index contributed by atoms with van der Waals surface area (Å²) in [6, 6.07) is 0. The van der Waals surface area contributed by atoms with Crippen molar-refractivity contribution in [2.75, 3.05) is 0 Å². The Hall–Kier alpha value is 3.47. The zero-order chi connectivity index (χ0) is 4.50. The van der Waals surface area contributed by atoms with Crippen molar-refractivity contribution < 1.29 is 0 Å². The van der Waals surface area contributed by atoms with Gasteiger partial charge in [0.1, 0.15) is 0 Å². The van der Waals surface area contributed by atoms with Crippen LogP contribution in [0.2, 0.25) is 0 Å². The van der Waals surface area contributed by atoms with Gasteiger partial charge in [0.25, 0.3) is 0 Å². The van der Waals surface area contributed by atoms with Crippen molar-refractivity contribution >= 4 is 72.9 Å². The molecule has 0 heterocycles. The van der Waals surface area contributed by atoms with Crippen molar-refractivity contribution in [1.82, 2.24) is 0 Å². The average molecular weight is 579 g/mol. The number of halogens is 4. The Bertz CT molecular complexity index is 22.4. The van der Waals surface area contributed by atoms with Crippen LogP contribution in [0.15, 0.2) is 0 Å². The normalized spacial score (nSPS) is 12.0. The first-order valence-corrected chi connectivity index (χ1v) is 32.1. The van der Waals surface area contributed by atoms with E-state index in [-0.39, 0.29) is 0 Å². The maximum atomic E-state index is 3.54. The predicted molar refractivity (Wildman–Crippen MR) is 56.7 cm³/mol. The molecule has 0 saturated carbocycles. The van der Waals surface area contributed by atoms with Crippen molar-refractivity contribution in [2.45, 2.75) is 0 Å². The number of hydrogen-bond acceptors (Lipinski definition) is 0. The third kappa shape index (κ3) is 18.6. The van der Waals surface area contributed by atoms with Gasteiger partial charge in [-0.25, -0.2) is 0 Å². The molecule has 5 heteroatoms. The van der Waals surface area contributed by atoms with Gasteiger partial charge in [0.15, 0.2) is 0 Å². The molecule has 5 heavy (non-hydrogen) atoms. The van der Waals surface area contributed by atoms with E-state index in [9.17, 15) is 0 Å². The summed E-state index contributed by atoms with van der Waals surface area (Å²) in [6.07, 6.45) is 0. The summed E-state index contributed by atoms with van der Waals surface area (Å²) in [5.41, 5.74) is 0. The van der Waals surface area contributed by atoms with Crippen LogP contribution in [0.5, 0.6) is 0 Å². The van der Waals surface area contributed by atoms with Gasteiger partial charge in [0, 0.05) is 0 Å². The Morgan fingerprint density at radius 3 is 1.20 bits per heavy atom. The van der Waals surface area contributed by atoms with Crippen LogP contribution >= 0.6 is 68.6 Å². The maximum absolute atomic E-state index is 3.54. The monoisotopic (exact) mass is 580 g/mol. The van der Waals surface area contributed by atoms with Crippen LogP contribution in [-0.4, -0.2) is 4.25 Å². The van der Waals surface area contributed by atoms with Crippen molar-refractivity contribution in [3.8, 4) is 0 Å². The molecule has 0 aromatic carbocycles. The van der Waals surface area contributed by atoms with E-state index in [1.165, 1.54) is 0 Å². The van der Waals surface area contributed by atoms with Crippen LogP contribution in [0.1, 0.15) is 0 Å². The van der Waals surface area contributed by atoms with Crippen molar-refractivity contribution in [3.63, 3.8) is 0 Å². The van der Waals surface area contributed by atoms with Gasteiger partial charge >= 0.3 is 72.9 Å². The van der Waals surface area contributed by atoms with Crippen LogP contribution in [0, 0.1) is 0 Å². The third-order valence-corrected chi connectivity index (χ3v) is 0. The van der Waals surface area contributed by atoms with E-state index in [2.05, 4.69) is 68.6 Å². The van der Waals surface area contributed by atoms with Gasteiger partial charge in [0.2, 0.25) is 0 Å². The van der Waals surface area contributed by atoms with Gasteiger partial charge in [-0.05, 0) is 0 Å². The minimum absolute atomic E-state index is 1.46. The molecule has 0 fully saturated rings. The van der Waals surface area contributed by atoms with Gasteiger partial charge in [-0.1, -0.05) is 0 Å². The second-order valence-electron chi connectivity index (χ2n) is 0.429. The summed E-state index contributed by atoms with van der Waals surface area (Å²) < 4.78 is -1.46. The predicted octanol–water partition coefficient (Wildman–Crippen LogP) is 3.12. The van der Waals surface area contributed by atoms with Gasteiger partial charge in [0.05, 0.1) is 0 Å². The average Bonchev–Trinajstić information content (AvgIpc) is 0.722. The third-order valence-electron chi connectivity index (χ3n) is 0. The Kier molecular flexibility index (Phi) is 5.90. The van der Waals surface area contributed by atoms with Gasteiger partial charge in [-0.15, -0.1) is 0 Å².